The summed E-state index contributed by atoms with van der Waals surface area (Å²) in [6.45, 7) is 0.558. The number of rotatable bonds is 4. The Morgan fingerprint density at radius 1 is 1.35 bits per heavy atom. The number of aromatic amines is 2. The van der Waals surface area contributed by atoms with Gasteiger partial charge in [-0.2, -0.15) is 0 Å². The van der Waals surface area contributed by atoms with Gasteiger partial charge in [0.2, 0.25) is 0 Å². The molecule has 0 aliphatic carbocycles. The normalized spacial score (nSPS) is 10.8. The molecular weight excluding hydrogens is 254 g/mol. The molecule has 0 atom stereocenters. The van der Waals surface area contributed by atoms with Crippen LogP contribution in [0.25, 0.3) is 10.9 Å². The molecule has 0 aliphatic heterocycles. The second kappa shape index (κ2) is 5.08. The van der Waals surface area contributed by atoms with Crippen molar-refractivity contribution in [2.45, 2.75) is 6.42 Å². The maximum absolute atomic E-state index is 12.1. The quantitative estimate of drug-likeness (QED) is 0.539. The third kappa shape index (κ3) is 2.35. The maximum Gasteiger partial charge on any atom is 0.253 e. The van der Waals surface area contributed by atoms with Gasteiger partial charge in [-0.05, 0) is 18.2 Å². The van der Waals surface area contributed by atoms with Gasteiger partial charge in [0.05, 0.1) is 11.9 Å². The Labute approximate surface area is 115 Å². The van der Waals surface area contributed by atoms with E-state index < -0.39 is 0 Å². The molecule has 0 unspecified atom stereocenters. The zero-order valence-corrected chi connectivity index (χ0v) is 10.8. The van der Waals surface area contributed by atoms with Crippen LogP contribution in [0.1, 0.15) is 16.1 Å². The summed E-state index contributed by atoms with van der Waals surface area (Å²) >= 11 is 0. The molecule has 5 N–H and O–H groups in total. The minimum absolute atomic E-state index is 0.0967. The number of carbonyl (C=O) groups excluding carboxylic acids is 1. The fourth-order valence-electron chi connectivity index (χ4n) is 2.16. The fraction of sp³-hybridized carbons (Fsp3) is 0.143. The lowest BCUT2D eigenvalue weighted by molar-refractivity contribution is 0.0956. The second-order valence-electron chi connectivity index (χ2n) is 4.59. The number of anilines is 1. The first-order valence-electron chi connectivity index (χ1n) is 6.36. The summed E-state index contributed by atoms with van der Waals surface area (Å²) in [6, 6.07) is 5.46. The average Bonchev–Trinajstić information content (AvgIpc) is 3.07. The van der Waals surface area contributed by atoms with Gasteiger partial charge in [0, 0.05) is 47.6 Å². The Morgan fingerprint density at radius 2 is 2.25 bits per heavy atom. The van der Waals surface area contributed by atoms with Gasteiger partial charge in [-0.25, -0.2) is 4.98 Å². The van der Waals surface area contributed by atoms with Crippen LogP contribution in [-0.4, -0.2) is 27.4 Å². The predicted octanol–water partition coefficient (Wildman–Crippen LogP) is 1.45. The molecule has 0 spiro atoms. The van der Waals surface area contributed by atoms with Crippen LogP contribution in [0.4, 0.5) is 5.69 Å². The van der Waals surface area contributed by atoms with E-state index in [0.29, 0.717) is 17.8 Å². The van der Waals surface area contributed by atoms with Gasteiger partial charge in [-0.1, -0.05) is 0 Å². The molecule has 0 aliphatic rings. The van der Waals surface area contributed by atoms with Crippen LogP contribution in [0.15, 0.2) is 36.9 Å². The van der Waals surface area contributed by atoms with Crippen LogP contribution in [0.2, 0.25) is 0 Å². The number of hydrogen-bond acceptors (Lipinski definition) is 3. The molecule has 3 aromatic rings. The smallest absolute Gasteiger partial charge is 0.253 e. The highest BCUT2D eigenvalue weighted by molar-refractivity contribution is 6.07. The fourth-order valence-corrected chi connectivity index (χ4v) is 2.16. The number of hydrogen-bond donors (Lipinski definition) is 4. The molecule has 0 bridgehead atoms. The number of H-pyrrole nitrogens is 2. The number of nitrogens with zero attached hydrogens (tertiary/aromatic N) is 1. The van der Waals surface area contributed by atoms with Crippen molar-refractivity contribution in [2.24, 2.45) is 0 Å². The zero-order chi connectivity index (χ0) is 13.9. The van der Waals surface area contributed by atoms with Gasteiger partial charge in [-0.3, -0.25) is 4.79 Å². The number of benzene rings is 1. The van der Waals surface area contributed by atoms with Gasteiger partial charge < -0.3 is 21.0 Å². The van der Waals surface area contributed by atoms with Crippen molar-refractivity contribution in [1.82, 2.24) is 20.3 Å². The molecule has 2 aromatic heterocycles. The highest BCUT2D eigenvalue weighted by atomic mass is 16.1. The van der Waals surface area contributed by atoms with Crippen LogP contribution in [-0.2, 0) is 6.42 Å². The van der Waals surface area contributed by atoms with Gasteiger partial charge >= 0.3 is 0 Å². The highest BCUT2D eigenvalue weighted by Crippen LogP contribution is 2.20. The summed E-state index contributed by atoms with van der Waals surface area (Å²) in [5.74, 6) is -0.0967. The first-order valence-corrected chi connectivity index (χ1v) is 6.36. The van der Waals surface area contributed by atoms with Crippen LogP contribution >= 0.6 is 0 Å². The van der Waals surface area contributed by atoms with Crippen LogP contribution in [0.3, 0.4) is 0 Å². The van der Waals surface area contributed by atoms with Gasteiger partial charge in [-0.15, -0.1) is 0 Å². The lowest BCUT2D eigenvalue weighted by atomic mass is 10.1. The van der Waals surface area contributed by atoms with Crippen molar-refractivity contribution < 1.29 is 4.79 Å². The minimum Gasteiger partial charge on any atom is -0.399 e. The van der Waals surface area contributed by atoms with E-state index in [4.69, 9.17) is 5.73 Å². The third-order valence-corrected chi connectivity index (χ3v) is 3.19. The number of aromatic nitrogens is 3. The molecule has 0 radical (unpaired) electrons. The second-order valence-corrected chi connectivity index (χ2v) is 4.59. The molecular formula is C14H15N5O. The molecule has 0 saturated heterocycles. The number of nitrogen functional groups attached to an aromatic ring is 1. The third-order valence-electron chi connectivity index (χ3n) is 3.19. The lowest BCUT2D eigenvalue weighted by Crippen LogP contribution is -2.25. The number of nitrogens with one attached hydrogen (secondary N) is 3. The molecule has 2 heterocycles. The van der Waals surface area contributed by atoms with E-state index in [2.05, 4.69) is 20.3 Å². The van der Waals surface area contributed by atoms with E-state index in [1.165, 1.54) is 0 Å². The molecule has 6 nitrogen and oxygen atoms in total. The molecule has 20 heavy (non-hydrogen) atoms. The summed E-state index contributed by atoms with van der Waals surface area (Å²) in [7, 11) is 0. The minimum atomic E-state index is -0.0967. The van der Waals surface area contributed by atoms with Crippen LogP contribution in [0.5, 0.6) is 0 Å². The van der Waals surface area contributed by atoms with E-state index in [-0.39, 0.29) is 5.91 Å². The summed E-state index contributed by atoms with van der Waals surface area (Å²) in [5, 5.41) is 3.77. The van der Waals surface area contributed by atoms with Gasteiger partial charge in [0.25, 0.3) is 5.91 Å². The van der Waals surface area contributed by atoms with Crippen molar-refractivity contribution in [3.63, 3.8) is 0 Å². The number of imidazole rings is 1. The van der Waals surface area contributed by atoms with Crippen molar-refractivity contribution in [3.05, 3.63) is 48.2 Å². The number of nitrogens with two attached hydrogens (primary N) is 1. The predicted molar refractivity (Wildman–Crippen MR) is 77.3 cm³/mol. The molecule has 6 heteroatoms. The Hall–Kier alpha value is -2.76. The monoisotopic (exact) mass is 269 g/mol. The maximum atomic E-state index is 12.1. The Kier molecular flexibility index (Phi) is 3.12. The van der Waals surface area contributed by atoms with Crippen LogP contribution < -0.4 is 11.1 Å². The standard InChI is InChI=1S/C14H15N5O/c15-9-1-2-11-12(7-18-13(11)5-9)14(20)17-4-3-10-6-16-8-19-10/h1-2,5-8,18H,3-4,15H2,(H,16,19)(H,17,20). The van der Waals surface area contributed by atoms with E-state index in [1.54, 1.807) is 24.8 Å². The molecule has 1 aromatic carbocycles. The average molecular weight is 269 g/mol. The van der Waals surface area contributed by atoms with Gasteiger partial charge in [0.15, 0.2) is 0 Å². The first-order chi connectivity index (χ1) is 9.74. The van der Waals surface area contributed by atoms with E-state index in [0.717, 1.165) is 23.0 Å². The first kappa shape index (κ1) is 12.3. The van der Waals surface area contributed by atoms with Gasteiger partial charge in [0.1, 0.15) is 0 Å². The number of amides is 1. The highest BCUT2D eigenvalue weighted by Gasteiger charge is 2.11. The van der Waals surface area contributed by atoms with Crippen molar-refractivity contribution >= 4 is 22.5 Å². The van der Waals surface area contributed by atoms with Crippen molar-refractivity contribution in [3.8, 4) is 0 Å². The Morgan fingerprint density at radius 3 is 3.05 bits per heavy atom. The van der Waals surface area contributed by atoms with Crippen molar-refractivity contribution in [2.75, 3.05) is 12.3 Å². The van der Waals surface area contributed by atoms with E-state index >= 15 is 0 Å². The number of fused-ring (bicyclic) bond motifs is 1. The largest absolute Gasteiger partial charge is 0.399 e. The zero-order valence-electron chi connectivity index (χ0n) is 10.8. The molecule has 0 saturated carbocycles. The summed E-state index contributed by atoms with van der Waals surface area (Å²) in [4.78, 5) is 22.1. The molecule has 102 valence electrons. The summed E-state index contributed by atoms with van der Waals surface area (Å²) in [5.41, 5.74) is 8.88. The topological polar surface area (TPSA) is 99.6 Å². The van der Waals surface area contributed by atoms with Crippen molar-refractivity contribution in [1.29, 1.82) is 0 Å². The summed E-state index contributed by atoms with van der Waals surface area (Å²) in [6.07, 6.45) is 5.80. The molecule has 3 rings (SSSR count). The van der Waals surface area contributed by atoms with E-state index in [9.17, 15) is 4.79 Å². The van der Waals surface area contributed by atoms with E-state index in [1.807, 2.05) is 12.1 Å². The molecule has 0 fully saturated rings. The van der Waals surface area contributed by atoms with Crippen LogP contribution in [0, 0.1) is 0 Å². The Bertz CT molecular complexity index is 729. The molecule has 1 amide bonds. The SMILES string of the molecule is Nc1ccc2c(C(=O)NCCc3cnc[nH]3)c[nH]c2c1. The summed E-state index contributed by atoms with van der Waals surface area (Å²) < 4.78 is 0. The lowest BCUT2D eigenvalue weighted by Gasteiger charge is -2.03. The number of carbonyl (C=O) groups is 1. The Balaban J connectivity index is 1.69.